The highest BCUT2D eigenvalue weighted by Crippen LogP contribution is 2.25. The zero-order chi connectivity index (χ0) is 12.6. The van der Waals surface area contributed by atoms with E-state index in [0.29, 0.717) is 4.31 Å². The highest BCUT2D eigenvalue weighted by Gasteiger charge is 2.42. The highest BCUT2D eigenvalue weighted by molar-refractivity contribution is 7.89. The van der Waals surface area contributed by atoms with Crippen LogP contribution in [0.4, 0.5) is 8.78 Å². The van der Waals surface area contributed by atoms with Crippen LogP contribution < -0.4 is 0 Å². The van der Waals surface area contributed by atoms with Crippen LogP contribution in [-0.2, 0) is 14.8 Å². The van der Waals surface area contributed by atoms with Gasteiger partial charge in [0.2, 0.25) is 0 Å². The number of hydrogen-bond acceptors (Lipinski definition) is 4. The predicted octanol–water partition coefficient (Wildman–Crippen LogP) is 0.0105. The van der Waals surface area contributed by atoms with Crippen molar-refractivity contribution in [3.63, 3.8) is 0 Å². The molecule has 0 saturated carbocycles. The number of aliphatic hydroxyl groups excluding tert-OH is 1. The van der Waals surface area contributed by atoms with Gasteiger partial charge < -0.3 is 9.84 Å². The van der Waals surface area contributed by atoms with E-state index in [2.05, 4.69) is 0 Å². The molecule has 1 rings (SSSR count). The molecule has 1 aliphatic heterocycles. The van der Waals surface area contributed by atoms with Crippen LogP contribution in [0.3, 0.4) is 0 Å². The highest BCUT2D eigenvalue weighted by atomic mass is 32.2. The summed E-state index contributed by atoms with van der Waals surface area (Å²) in [6, 6.07) is 0. The number of aliphatic hydroxyl groups is 1. The van der Waals surface area contributed by atoms with Crippen molar-refractivity contribution in [1.29, 1.82) is 0 Å². The van der Waals surface area contributed by atoms with E-state index in [4.69, 9.17) is 9.84 Å². The standard InChI is InChI=1S/C8H15F2NO4S/c1-8(2)5-11(3-6(4-12)15-8)16(13,14)7(9)10/h6-7,12H,3-5H2,1-2H3. The van der Waals surface area contributed by atoms with Gasteiger partial charge in [0, 0.05) is 13.1 Å². The van der Waals surface area contributed by atoms with E-state index in [1.165, 1.54) is 0 Å². The van der Waals surface area contributed by atoms with Crippen molar-refractivity contribution in [2.24, 2.45) is 0 Å². The fourth-order valence-corrected chi connectivity index (χ4v) is 2.73. The van der Waals surface area contributed by atoms with Gasteiger partial charge in [-0.3, -0.25) is 0 Å². The molecule has 0 spiro atoms. The van der Waals surface area contributed by atoms with Crippen LogP contribution in [0.5, 0.6) is 0 Å². The molecule has 0 radical (unpaired) electrons. The van der Waals surface area contributed by atoms with Crippen molar-refractivity contribution in [2.75, 3.05) is 19.7 Å². The quantitative estimate of drug-likeness (QED) is 0.775. The van der Waals surface area contributed by atoms with Crippen LogP contribution in [0.25, 0.3) is 0 Å². The van der Waals surface area contributed by atoms with Gasteiger partial charge in [0.05, 0.1) is 18.3 Å². The van der Waals surface area contributed by atoms with E-state index in [1.807, 2.05) is 0 Å². The average Bonchev–Trinajstić information content (AvgIpc) is 2.14. The van der Waals surface area contributed by atoms with E-state index in [-0.39, 0.29) is 13.1 Å². The molecule has 1 aliphatic rings. The molecule has 1 unspecified atom stereocenters. The third-order valence-corrected chi connectivity index (χ3v) is 3.69. The molecule has 5 nitrogen and oxygen atoms in total. The second kappa shape index (κ2) is 4.52. The van der Waals surface area contributed by atoms with Crippen molar-refractivity contribution in [2.45, 2.75) is 31.3 Å². The van der Waals surface area contributed by atoms with E-state index in [0.717, 1.165) is 0 Å². The monoisotopic (exact) mass is 259 g/mol. The summed E-state index contributed by atoms with van der Waals surface area (Å²) in [4.78, 5) is 0. The molecular formula is C8H15F2NO4S. The van der Waals surface area contributed by atoms with E-state index in [1.54, 1.807) is 13.8 Å². The lowest BCUT2D eigenvalue weighted by Gasteiger charge is -2.41. The minimum atomic E-state index is -4.61. The van der Waals surface area contributed by atoms with Gasteiger partial charge in [-0.1, -0.05) is 0 Å². The number of halogens is 2. The number of rotatable bonds is 3. The first-order valence-electron chi connectivity index (χ1n) is 4.75. The first kappa shape index (κ1) is 13.8. The van der Waals surface area contributed by atoms with Gasteiger partial charge in [0.25, 0.3) is 10.0 Å². The van der Waals surface area contributed by atoms with Crippen molar-refractivity contribution < 1.29 is 27.0 Å². The van der Waals surface area contributed by atoms with E-state index >= 15 is 0 Å². The minimum Gasteiger partial charge on any atom is -0.394 e. The van der Waals surface area contributed by atoms with Crippen molar-refractivity contribution in [3.8, 4) is 0 Å². The first-order chi connectivity index (χ1) is 7.19. The topological polar surface area (TPSA) is 66.8 Å². The van der Waals surface area contributed by atoms with E-state index in [9.17, 15) is 17.2 Å². The lowest BCUT2D eigenvalue weighted by atomic mass is 10.1. The van der Waals surface area contributed by atoms with Gasteiger partial charge in [0.15, 0.2) is 0 Å². The predicted molar refractivity (Wildman–Crippen MR) is 52.5 cm³/mol. The Balaban J connectivity index is 2.90. The Morgan fingerprint density at radius 1 is 1.56 bits per heavy atom. The van der Waals surface area contributed by atoms with Gasteiger partial charge in [0.1, 0.15) is 0 Å². The molecule has 0 aromatic carbocycles. The molecule has 0 bridgehead atoms. The van der Waals surface area contributed by atoms with Crippen LogP contribution in [-0.4, -0.2) is 55.0 Å². The number of hydrogen-bond donors (Lipinski definition) is 1. The summed E-state index contributed by atoms with van der Waals surface area (Å²) in [5, 5.41) is 8.91. The van der Waals surface area contributed by atoms with E-state index < -0.39 is 34.1 Å². The summed E-state index contributed by atoms with van der Waals surface area (Å²) in [6.45, 7) is 2.38. The largest absolute Gasteiger partial charge is 0.394 e. The third-order valence-electron chi connectivity index (χ3n) is 2.24. The molecule has 0 aliphatic carbocycles. The van der Waals surface area contributed by atoms with Crippen LogP contribution in [0.2, 0.25) is 0 Å². The fraction of sp³-hybridized carbons (Fsp3) is 1.00. The molecule has 1 fully saturated rings. The van der Waals surface area contributed by atoms with Crippen LogP contribution in [0.15, 0.2) is 0 Å². The molecule has 1 N–H and O–H groups in total. The SMILES string of the molecule is CC1(C)CN(S(=O)(=O)C(F)F)CC(CO)O1. The van der Waals surface area contributed by atoms with Crippen LogP contribution in [0, 0.1) is 0 Å². The molecule has 16 heavy (non-hydrogen) atoms. The van der Waals surface area contributed by atoms with Crippen molar-refractivity contribution in [1.82, 2.24) is 4.31 Å². The molecular weight excluding hydrogens is 244 g/mol. The lowest BCUT2D eigenvalue weighted by molar-refractivity contribution is -0.132. The Kier molecular flexibility index (Phi) is 3.88. The van der Waals surface area contributed by atoms with Gasteiger partial charge in [-0.05, 0) is 13.8 Å². The Morgan fingerprint density at radius 3 is 2.56 bits per heavy atom. The zero-order valence-corrected chi connectivity index (χ0v) is 9.88. The Labute approximate surface area is 93.0 Å². The number of morpholine rings is 1. The molecule has 0 aromatic heterocycles. The van der Waals surface area contributed by atoms with Crippen molar-refractivity contribution in [3.05, 3.63) is 0 Å². The van der Waals surface area contributed by atoms with Crippen LogP contribution in [0.1, 0.15) is 13.8 Å². The number of sulfonamides is 1. The minimum absolute atomic E-state index is 0.143. The second-order valence-electron chi connectivity index (χ2n) is 4.28. The third kappa shape index (κ3) is 2.88. The Hall–Kier alpha value is -0.310. The summed E-state index contributed by atoms with van der Waals surface area (Å²) in [7, 11) is -4.61. The fourth-order valence-electron chi connectivity index (χ4n) is 1.64. The molecule has 96 valence electrons. The summed E-state index contributed by atoms with van der Waals surface area (Å²) in [6.07, 6.45) is -0.766. The van der Waals surface area contributed by atoms with Gasteiger partial charge in [-0.15, -0.1) is 0 Å². The molecule has 1 atom stereocenters. The molecule has 1 saturated heterocycles. The Bertz CT molecular complexity index is 344. The Morgan fingerprint density at radius 2 is 2.12 bits per heavy atom. The summed E-state index contributed by atoms with van der Waals surface area (Å²) in [5.74, 6) is -3.44. The maximum absolute atomic E-state index is 12.3. The summed E-state index contributed by atoms with van der Waals surface area (Å²) in [5.41, 5.74) is -0.881. The smallest absolute Gasteiger partial charge is 0.350 e. The maximum Gasteiger partial charge on any atom is 0.350 e. The van der Waals surface area contributed by atoms with Crippen molar-refractivity contribution >= 4 is 10.0 Å². The number of nitrogens with zero attached hydrogens (tertiary/aromatic N) is 1. The molecule has 1 heterocycles. The normalized spacial score (nSPS) is 27.2. The molecule has 0 aromatic rings. The summed E-state index contributed by atoms with van der Waals surface area (Å²) < 4.78 is 53.2. The first-order valence-corrected chi connectivity index (χ1v) is 6.25. The average molecular weight is 259 g/mol. The number of ether oxygens (including phenoxy) is 1. The number of alkyl halides is 2. The maximum atomic E-state index is 12.3. The van der Waals surface area contributed by atoms with Gasteiger partial charge in [-0.2, -0.15) is 13.1 Å². The molecule has 8 heteroatoms. The zero-order valence-electron chi connectivity index (χ0n) is 9.06. The van der Waals surface area contributed by atoms with Gasteiger partial charge >= 0.3 is 5.76 Å². The van der Waals surface area contributed by atoms with Gasteiger partial charge in [-0.25, -0.2) is 8.42 Å². The second-order valence-corrected chi connectivity index (χ2v) is 6.18. The summed E-state index contributed by atoms with van der Waals surface area (Å²) >= 11 is 0. The lowest BCUT2D eigenvalue weighted by Crippen LogP contribution is -2.56. The van der Waals surface area contributed by atoms with Crippen LogP contribution >= 0.6 is 0 Å². The molecule has 0 amide bonds.